The summed E-state index contributed by atoms with van der Waals surface area (Å²) in [5.74, 6) is 5.91. The SMILES string of the molecule is CCCN(N)c1ncc(C(=O)OCC)c2[nH]nnc12. The molecular weight excluding hydrogens is 248 g/mol. The Balaban J connectivity index is 2.47. The second-order valence-corrected chi connectivity index (χ2v) is 3.94. The maximum atomic E-state index is 11.8. The van der Waals surface area contributed by atoms with Gasteiger partial charge in [0.1, 0.15) is 11.1 Å². The fourth-order valence-electron chi connectivity index (χ4n) is 1.74. The Hall–Kier alpha value is -2.22. The zero-order valence-corrected chi connectivity index (χ0v) is 10.9. The van der Waals surface area contributed by atoms with Crippen molar-refractivity contribution in [1.82, 2.24) is 20.4 Å². The number of H-pyrrole nitrogens is 1. The van der Waals surface area contributed by atoms with E-state index in [1.165, 1.54) is 11.2 Å². The van der Waals surface area contributed by atoms with E-state index in [4.69, 9.17) is 10.6 Å². The van der Waals surface area contributed by atoms with Crippen LogP contribution in [0, 0.1) is 0 Å². The quantitative estimate of drug-likeness (QED) is 0.462. The van der Waals surface area contributed by atoms with Crippen LogP contribution in [-0.2, 0) is 4.74 Å². The summed E-state index contributed by atoms with van der Waals surface area (Å²) in [5.41, 5.74) is 1.24. The second-order valence-electron chi connectivity index (χ2n) is 3.94. The number of rotatable bonds is 5. The lowest BCUT2D eigenvalue weighted by Crippen LogP contribution is -2.32. The van der Waals surface area contributed by atoms with Gasteiger partial charge >= 0.3 is 5.97 Å². The number of carbonyl (C=O) groups excluding carboxylic acids is 1. The van der Waals surface area contributed by atoms with Crippen LogP contribution in [0.2, 0.25) is 0 Å². The van der Waals surface area contributed by atoms with Crippen molar-refractivity contribution >= 4 is 22.8 Å². The van der Waals surface area contributed by atoms with Crippen LogP contribution < -0.4 is 10.9 Å². The van der Waals surface area contributed by atoms with Gasteiger partial charge in [-0.05, 0) is 13.3 Å². The minimum Gasteiger partial charge on any atom is -0.462 e. The lowest BCUT2D eigenvalue weighted by Gasteiger charge is -2.16. The number of hydrazine groups is 1. The maximum Gasteiger partial charge on any atom is 0.341 e. The molecular formula is C11H16N6O2. The Kier molecular flexibility index (Phi) is 3.91. The lowest BCUT2D eigenvalue weighted by molar-refractivity contribution is 0.0528. The zero-order valence-electron chi connectivity index (χ0n) is 10.9. The number of fused-ring (bicyclic) bond motifs is 1. The molecule has 0 fully saturated rings. The molecule has 0 aliphatic rings. The minimum absolute atomic E-state index is 0.294. The third kappa shape index (κ3) is 2.48. The first-order valence-electron chi connectivity index (χ1n) is 6.08. The fraction of sp³-hybridized carbons (Fsp3) is 0.455. The van der Waals surface area contributed by atoms with Crippen LogP contribution in [0.1, 0.15) is 30.6 Å². The Morgan fingerprint density at radius 3 is 3.00 bits per heavy atom. The molecule has 0 aliphatic carbocycles. The summed E-state index contributed by atoms with van der Waals surface area (Å²) in [6, 6.07) is 0. The number of pyridine rings is 1. The summed E-state index contributed by atoms with van der Waals surface area (Å²) in [5, 5.41) is 11.8. The topological polar surface area (TPSA) is 110 Å². The molecule has 0 unspecified atom stereocenters. The predicted octanol–water partition coefficient (Wildman–Crippen LogP) is 0.620. The number of aromatic amines is 1. The Labute approximate surface area is 109 Å². The molecule has 0 amide bonds. The van der Waals surface area contributed by atoms with Crippen molar-refractivity contribution in [3.63, 3.8) is 0 Å². The molecule has 8 heteroatoms. The average molecular weight is 264 g/mol. The lowest BCUT2D eigenvalue weighted by atomic mass is 10.2. The van der Waals surface area contributed by atoms with Gasteiger partial charge in [-0.1, -0.05) is 12.1 Å². The van der Waals surface area contributed by atoms with Gasteiger partial charge < -0.3 is 4.74 Å². The number of anilines is 1. The highest BCUT2D eigenvalue weighted by molar-refractivity contribution is 6.03. The van der Waals surface area contributed by atoms with Crippen LogP contribution in [0.15, 0.2) is 6.20 Å². The van der Waals surface area contributed by atoms with Gasteiger partial charge in [-0.2, -0.15) is 0 Å². The van der Waals surface area contributed by atoms with Gasteiger partial charge in [0.2, 0.25) is 0 Å². The van der Waals surface area contributed by atoms with E-state index < -0.39 is 5.97 Å². The zero-order chi connectivity index (χ0) is 13.8. The van der Waals surface area contributed by atoms with Gasteiger partial charge in [-0.15, -0.1) is 5.10 Å². The molecule has 19 heavy (non-hydrogen) atoms. The monoisotopic (exact) mass is 264 g/mol. The van der Waals surface area contributed by atoms with Crippen LogP contribution in [0.25, 0.3) is 11.0 Å². The molecule has 2 heterocycles. The Morgan fingerprint density at radius 1 is 1.53 bits per heavy atom. The standard InChI is InChI=1S/C11H16N6O2/c1-3-5-17(12)10-9-8(14-16-15-9)7(6-13-10)11(18)19-4-2/h6H,3-5,12H2,1-2H3,(H,14,15,16). The van der Waals surface area contributed by atoms with Crippen molar-refractivity contribution < 1.29 is 9.53 Å². The van der Waals surface area contributed by atoms with Crippen molar-refractivity contribution in [2.45, 2.75) is 20.3 Å². The van der Waals surface area contributed by atoms with E-state index in [0.717, 1.165) is 6.42 Å². The van der Waals surface area contributed by atoms with E-state index in [1.807, 2.05) is 6.92 Å². The summed E-state index contributed by atoms with van der Waals surface area (Å²) in [6.07, 6.45) is 2.29. The molecule has 0 spiro atoms. The number of nitrogens with one attached hydrogen (secondary N) is 1. The van der Waals surface area contributed by atoms with E-state index in [0.29, 0.717) is 35.6 Å². The second kappa shape index (κ2) is 5.61. The molecule has 2 rings (SSSR count). The van der Waals surface area contributed by atoms with Gasteiger partial charge in [-0.25, -0.2) is 15.6 Å². The van der Waals surface area contributed by atoms with Crippen molar-refractivity contribution in [3.05, 3.63) is 11.8 Å². The molecule has 8 nitrogen and oxygen atoms in total. The molecule has 102 valence electrons. The molecule has 0 atom stereocenters. The van der Waals surface area contributed by atoms with Crippen molar-refractivity contribution in [1.29, 1.82) is 0 Å². The predicted molar refractivity (Wildman–Crippen MR) is 69.5 cm³/mol. The molecule has 0 aromatic carbocycles. The largest absolute Gasteiger partial charge is 0.462 e. The van der Waals surface area contributed by atoms with Crippen LogP contribution in [0.3, 0.4) is 0 Å². The highest BCUT2D eigenvalue weighted by atomic mass is 16.5. The Morgan fingerprint density at radius 2 is 2.32 bits per heavy atom. The highest BCUT2D eigenvalue weighted by Crippen LogP contribution is 2.22. The van der Waals surface area contributed by atoms with Gasteiger partial charge in [-0.3, -0.25) is 10.1 Å². The van der Waals surface area contributed by atoms with Gasteiger partial charge in [0.05, 0.1) is 6.61 Å². The first-order valence-corrected chi connectivity index (χ1v) is 6.08. The number of aromatic nitrogens is 4. The number of carbonyl (C=O) groups is 1. The van der Waals surface area contributed by atoms with E-state index in [9.17, 15) is 4.79 Å². The van der Waals surface area contributed by atoms with Gasteiger partial charge in [0, 0.05) is 12.7 Å². The first kappa shape index (κ1) is 13.2. The molecule has 2 aromatic rings. The number of esters is 1. The number of ether oxygens (including phenoxy) is 1. The van der Waals surface area contributed by atoms with Crippen LogP contribution >= 0.6 is 0 Å². The van der Waals surface area contributed by atoms with Crippen LogP contribution in [0.4, 0.5) is 5.82 Å². The van der Waals surface area contributed by atoms with E-state index >= 15 is 0 Å². The van der Waals surface area contributed by atoms with Crippen molar-refractivity contribution in [2.75, 3.05) is 18.2 Å². The summed E-state index contributed by atoms with van der Waals surface area (Å²) in [7, 11) is 0. The number of nitrogens with two attached hydrogens (primary N) is 1. The van der Waals surface area contributed by atoms with E-state index in [1.54, 1.807) is 6.92 Å². The number of hydrogen-bond acceptors (Lipinski definition) is 7. The van der Waals surface area contributed by atoms with Crippen molar-refractivity contribution in [3.8, 4) is 0 Å². The van der Waals surface area contributed by atoms with E-state index in [2.05, 4.69) is 20.4 Å². The summed E-state index contributed by atoms with van der Waals surface area (Å²) in [4.78, 5) is 16.0. The Bertz CT molecular complexity index is 582. The maximum absolute atomic E-state index is 11.8. The molecule has 0 radical (unpaired) electrons. The fourth-order valence-corrected chi connectivity index (χ4v) is 1.74. The third-order valence-electron chi connectivity index (χ3n) is 2.58. The van der Waals surface area contributed by atoms with Crippen molar-refractivity contribution in [2.24, 2.45) is 5.84 Å². The summed E-state index contributed by atoms with van der Waals surface area (Å²) < 4.78 is 4.95. The molecule has 3 N–H and O–H groups in total. The van der Waals surface area contributed by atoms with Gasteiger partial charge in [0.25, 0.3) is 0 Å². The normalized spacial score (nSPS) is 10.7. The first-order chi connectivity index (χ1) is 9.19. The van der Waals surface area contributed by atoms with Crippen LogP contribution in [-0.4, -0.2) is 39.5 Å². The van der Waals surface area contributed by atoms with Gasteiger partial charge in [0.15, 0.2) is 11.3 Å². The third-order valence-corrected chi connectivity index (χ3v) is 2.58. The van der Waals surface area contributed by atoms with Crippen LogP contribution in [0.5, 0.6) is 0 Å². The average Bonchev–Trinajstić information content (AvgIpc) is 2.87. The summed E-state index contributed by atoms with van der Waals surface area (Å²) in [6.45, 7) is 4.67. The molecule has 0 saturated heterocycles. The molecule has 0 saturated carbocycles. The highest BCUT2D eigenvalue weighted by Gasteiger charge is 2.19. The van der Waals surface area contributed by atoms with E-state index in [-0.39, 0.29) is 0 Å². The molecule has 2 aromatic heterocycles. The summed E-state index contributed by atoms with van der Waals surface area (Å²) >= 11 is 0. The minimum atomic E-state index is -0.461. The number of hydrogen-bond donors (Lipinski definition) is 2. The smallest absolute Gasteiger partial charge is 0.341 e. The molecule has 0 aliphatic heterocycles. The number of nitrogens with zero attached hydrogens (tertiary/aromatic N) is 4. The molecule has 0 bridgehead atoms.